The number of rotatable bonds is 5. The maximum absolute atomic E-state index is 5.72. The molecular weight excluding hydrogens is 236 g/mol. The van der Waals surface area contributed by atoms with Crippen LogP contribution < -0.4 is 4.74 Å². The zero-order chi connectivity index (χ0) is 13.5. The van der Waals surface area contributed by atoms with Crippen LogP contribution in [0, 0.1) is 0 Å². The van der Waals surface area contributed by atoms with E-state index in [2.05, 4.69) is 17.2 Å². The van der Waals surface area contributed by atoms with Gasteiger partial charge < -0.3 is 9.75 Å². The van der Waals surface area contributed by atoms with Gasteiger partial charge in [-0.3, -0.25) is 0 Å². The van der Waals surface area contributed by atoms with Crippen molar-refractivity contribution in [3.8, 4) is 5.75 Å². The molecule has 3 nitrogen and oxygen atoms in total. The van der Waals surface area contributed by atoms with Crippen molar-refractivity contribution in [1.29, 1.82) is 0 Å². The summed E-state index contributed by atoms with van der Waals surface area (Å²) in [4.78, 5) is 0. The fourth-order valence-corrected chi connectivity index (χ4v) is 1.57. The van der Waals surface area contributed by atoms with Crippen LogP contribution in [-0.4, -0.2) is 25.3 Å². The molecule has 2 aromatic carbocycles. The second-order valence-electron chi connectivity index (χ2n) is 4.44. The molecule has 0 aliphatic heterocycles. The van der Waals surface area contributed by atoms with Crippen molar-refractivity contribution >= 4 is 6.21 Å². The van der Waals surface area contributed by atoms with Crippen LogP contribution in [0.15, 0.2) is 59.7 Å². The average Bonchev–Trinajstić information content (AvgIpc) is 2.45. The molecule has 0 heterocycles. The Bertz CT molecular complexity index is 518. The van der Waals surface area contributed by atoms with Gasteiger partial charge in [-0.25, -0.2) is 0 Å². The summed E-state index contributed by atoms with van der Waals surface area (Å²) in [5.41, 5.74) is 2.22. The molecule has 0 amide bonds. The van der Waals surface area contributed by atoms with Crippen molar-refractivity contribution in [1.82, 2.24) is 5.01 Å². The first-order valence-electron chi connectivity index (χ1n) is 6.22. The third-order valence-electron chi connectivity index (χ3n) is 2.57. The van der Waals surface area contributed by atoms with Crippen LogP contribution >= 0.6 is 0 Å². The lowest BCUT2D eigenvalue weighted by Gasteiger charge is -2.06. The van der Waals surface area contributed by atoms with Crippen LogP contribution in [0.25, 0.3) is 0 Å². The van der Waals surface area contributed by atoms with Gasteiger partial charge in [-0.15, -0.1) is 0 Å². The van der Waals surface area contributed by atoms with Crippen molar-refractivity contribution in [2.45, 2.75) is 6.61 Å². The number of hydrogen-bond acceptors (Lipinski definition) is 3. The predicted octanol–water partition coefficient (Wildman–Crippen LogP) is 3.16. The predicted molar refractivity (Wildman–Crippen MR) is 78.5 cm³/mol. The second-order valence-corrected chi connectivity index (χ2v) is 4.44. The lowest BCUT2D eigenvalue weighted by Crippen LogP contribution is -2.01. The summed E-state index contributed by atoms with van der Waals surface area (Å²) in [6, 6.07) is 18.0. The van der Waals surface area contributed by atoms with Gasteiger partial charge in [0.2, 0.25) is 0 Å². The Morgan fingerprint density at radius 1 is 1.00 bits per heavy atom. The van der Waals surface area contributed by atoms with Gasteiger partial charge in [0.05, 0.1) is 6.21 Å². The van der Waals surface area contributed by atoms with Crippen LogP contribution in [0.2, 0.25) is 0 Å². The molecule has 0 atom stereocenters. The van der Waals surface area contributed by atoms with E-state index in [4.69, 9.17) is 4.74 Å². The maximum atomic E-state index is 5.72. The zero-order valence-electron chi connectivity index (χ0n) is 11.3. The molecule has 19 heavy (non-hydrogen) atoms. The van der Waals surface area contributed by atoms with E-state index in [1.54, 1.807) is 5.01 Å². The van der Waals surface area contributed by atoms with E-state index < -0.39 is 0 Å². The van der Waals surface area contributed by atoms with Crippen molar-refractivity contribution in [3.63, 3.8) is 0 Å². The smallest absolute Gasteiger partial charge is 0.119 e. The highest BCUT2D eigenvalue weighted by molar-refractivity contribution is 5.79. The Labute approximate surface area is 114 Å². The molecule has 0 radical (unpaired) electrons. The molecule has 0 aliphatic carbocycles. The summed E-state index contributed by atoms with van der Waals surface area (Å²) in [6.45, 7) is 0.589. The maximum Gasteiger partial charge on any atom is 0.119 e. The van der Waals surface area contributed by atoms with Crippen molar-refractivity contribution in [3.05, 3.63) is 65.7 Å². The first kappa shape index (κ1) is 13.1. The average molecular weight is 254 g/mol. The van der Waals surface area contributed by atoms with Crippen LogP contribution in [0.4, 0.5) is 0 Å². The van der Waals surface area contributed by atoms with Crippen LogP contribution in [-0.2, 0) is 6.61 Å². The molecule has 0 unspecified atom stereocenters. The lowest BCUT2D eigenvalue weighted by atomic mass is 10.2. The third-order valence-corrected chi connectivity index (χ3v) is 2.57. The topological polar surface area (TPSA) is 24.8 Å². The van der Waals surface area contributed by atoms with Crippen molar-refractivity contribution in [2.75, 3.05) is 14.1 Å². The van der Waals surface area contributed by atoms with E-state index >= 15 is 0 Å². The molecule has 0 fully saturated rings. The van der Waals surface area contributed by atoms with Crippen molar-refractivity contribution in [2.24, 2.45) is 5.10 Å². The number of ether oxygens (including phenoxy) is 1. The lowest BCUT2D eigenvalue weighted by molar-refractivity contribution is 0.306. The third kappa shape index (κ3) is 4.47. The molecule has 2 aromatic rings. The first-order valence-corrected chi connectivity index (χ1v) is 6.22. The summed E-state index contributed by atoms with van der Waals surface area (Å²) in [5.74, 6) is 0.867. The largest absolute Gasteiger partial charge is 0.489 e. The quantitative estimate of drug-likeness (QED) is 0.605. The Kier molecular flexibility index (Phi) is 4.56. The van der Waals surface area contributed by atoms with Gasteiger partial charge in [0.15, 0.2) is 0 Å². The van der Waals surface area contributed by atoms with Gasteiger partial charge in [0.25, 0.3) is 0 Å². The van der Waals surface area contributed by atoms with Crippen molar-refractivity contribution < 1.29 is 4.74 Å². The number of hydrazone groups is 1. The summed E-state index contributed by atoms with van der Waals surface area (Å²) < 4.78 is 5.72. The van der Waals surface area contributed by atoms with Gasteiger partial charge >= 0.3 is 0 Å². The summed E-state index contributed by atoms with van der Waals surface area (Å²) in [5, 5.41) is 5.95. The highest BCUT2D eigenvalue weighted by atomic mass is 16.5. The Hall–Kier alpha value is -2.29. The minimum Gasteiger partial charge on any atom is -0.489 e. The molecule has 0 saturated heterocycles. The standard InChI is InChI=1S/C16H18N2O/c1-18(2)17-12-14-8-10-16(11-9-14)19-13-15-6-4-3-5-7-15/h3-12H,13H2,1-2H3/b17-12+. The van der Waals surface area contributed by atoms with Crippen LogP contribution in [0.5, 0.6) is 5.75 Å². The molecule has 2 rings (SSSR count). The van der Waals surface area contributed by atoms with Gasteiger partial charge in [-0.05, 0) is 35.4 Å². The van der Waals surface area contributed by atoms with Gasteiger partial charge in [0, 0.05) is 14.1 Å². The summed E-state index contributed by atoms with van der Waals surface area (Å²) in [6.07, 6.45) is 1.82. The minimum atomic E-state index is 0.589. The Balaban J connectivity index is 1.92. The number of nitrogens with zero attached hydrogens (tertiary/aromatic N) is 2. The zero-order valence-corrected chi connectivity index (χ0v) is 11.3. The molecule has 0 N–H and O–H groups in total. The van der Waals surface area contributed by atoms with Crippen LogP contribution in [0.1, 0.15) is 11.1 Å². The fourth-order valence-electron chi connectivity index (χ4n) is 1.57. The SMILES string of the molecule is CN(C)/N=C/c1ccc(OCc2ccccc2)cc1. The van der Waals surface area contributed by atoms with E-state index in [0.29, 0.717) is 6.61 Å². The fraction of sp³-hybridized carbons (Fsp3) is 0.188. The molecule has 0 spiro atoms. The summed E-state index contributed by atoms with van der Waals surface area (Å²) in [7, 11) is 3.79. The second kappa shape index (κ2) is 6.59. The van der Waals surface area contributed by atoms with Gasteiger partial charge in [0.1, 0.15) is 12.4 Å². The monoisotopic (exact) mass is 254 g/mol. The molecule has 0 saturated carbocycles. The number of benzene rings is 2. The van der Waals surface area contributed by atoms with E-state index in [1.807, 2.05) is 62.8 Å². The summed E-state index contributed by atoms with van der Waals surface area (Å²) >= 11 is 0. The molecule has 0 bridgehead atoms. The molecule has 98 valence electrons. The highest BCUT2D eigenvalue weighted by Crippen LogP contribution is 2.13. The molecular formula is C16H18N2O. The van der Waals surface area contributed by atoms with E-state index in [9.17, 15) is 0 Å². The Morgan fingerprint density at radius 3 is 2.32 bits per heavy atom. The van der Waals surface area contributed by atoms with E-state index in [-0.39, 0.29) is 0 Å². The van der Waals surface area contributed by atoms with Gasteiger partial charge in [-0.2, -0.15) is 5.10 Å². The molecule has 0 aliphatic rings. The van der Waals surface area contributed by atoms with E-state index in [0.717, 1.165) is 11.3 Å². The van der Waals surface area contributed by atoms with Gasteiger partial charge in [-0.1, -0.05) is 30.3 Å². The molecule has 3 heteroatoms. The van der Waals surface area contributed by atoms with E-state index in [1.165, 1.54) is 5.56 Å². The normalized spacial score (nSPS) is 10.6. The Morgan fingerprint density at radius 2 is 1.68 bits per heavy atom. The molecule has 0 aromatic heterocycles. The highest BCUT2D eigenvalue weighted by Gasteiger charge is 1.95. The first-order chi connectivity index (χ1) is 9.24. The minimum absolute atomic E-state index is 0.589. The number of hydrogen-bond donors (Lipinski definition) is 0. The van der Waals surface area contributed by atoms with Crippen LogP contribution in [0.3, 0.4) is 0 Å².